The van der Waals surface area contributed by atoms with Gasteiger partial charge in [-0.2, -0.15) is 5.26 Å². The van der Waals surface area contributed by atoms with Gasteiger partial charge in [-0.25, -0.2) is 4.98 Å². The van der Waals surface area contributed by atoms with E-state index in [9.17, 15) is 0 Å². The zero-order chi connectivity index (χ0) is 13.8. The summed E-state index contributed by atoms with van der Waals surface area (Å²) in [5.74, 6) is 1.52. The minimum Gasteiger partial charge on any atom is -0.397 e. The number of aromatic nitrogens is 1. The highest BCUT2D eigenvalue weighted by Crippen LogP contribution is 2.25. The summed E-state index contributed by atoms with van der Waals surface area (Å²) in [6, 6.07) is 3.89. The molecule has 2 heterocycles. The summed E-state index contributed by atoms with van der Waals surface area (Å²) in [5.41, 5.74) is 6.79. The molecule has 1 aromatic rings. The molecule has 0 amide bonds. The number of hydrogen-bond donors (Lipinski definition) is 1. The monoisotopic (exact) mass is 259 g/mol. The molecule has 1 aliphatic heterocycles. The number of piperidine rings is 1. The van der Waals surface area contributed by atoms with Crippen molar-refractivity contribution in [2.75, 3.05) is 44.4 Å². The van der Waals surface area contributed by atoms with Crippen LogP contribution in [0.25, 0.3) is 0 Å². The Hall–Kier alpha value is -1.80. The van der Waals surface area contributed by atoms with E-state index in [-0.39, 0.29) is 0 Å². The van der Waals surface area contributed by atoms with E-state index in [1.807, 2.05) is 0 Å². The van der Waals surface area contributed by atoms with Crippen molar-refractivity contribution in [1.82, 2.24) is 9.88 Å². The van der Waals surface area contributed by atoms with Gasteiger partial charge in [0.15, 0.2) is 0 Å². The summed E-state index contributed by atoms with van der Waals surface area (Å²) < 4.78 is 0. The lowest BCUT2D eigenvalue weighted by Gasteiger charge is -2.34. The molecule has 0 unspecified atom stereocenters. The van der Waals surface area contributed by atoms with E-state index in [1.54, 1.807) is 12.3 Å². The topological polar surface area (TPSA) is 69.2 Å². The zero-order valence-electron chi connectivity index (χ0n) is 11.6. The summed E-state index contributed by atoms with van der Waals surface area (Å²) in [6.45, 7) is 3.06. The second kappa shape index (κ2) is 5.89. The first-order valence-electron chi connectivity index (χ1n) is 6.65. The van der Waals surface area contributed by atoms with Gasteiger partial charge in [0.2, 0.25) is 0 Å². The molecular formula is C14H21N5. The molecule has 102 valence electrons. The van der Waals surface area contributed by atoms with E-state index in [4.69, 9.17) is 11.0 Å². The first-order valence-corrected chi connectivity index (χ1v) is 6.65. The van der Waals surface area contributed by atoms with Crippen LogP contribution in [0, 0.1) is 17.2 Å². The van der Waals surface area contributed by atoms with Gasteiger partial charge in [0.25, 0.3) is 0 Å². The lowest BCUT2D eigenvalue weighted by molar-refractivity contribution is 0.284. The van der Waals surface area contributed by atoms with Gasteiger partial charge in [-0.05, 0) is 38.9 Å². The standard InChI is InChI=1S/C14H21N5/c1-18(2)10-11-3-5-19(6-4-11)14-12(8-15)7-13(16)9-17-14/h7,9,11H,3-6,10,16H2,1-2H3. The molecule has 2 N–H and O–H groups in total. The van der Waals surface area contributed by atoms with Crippen LogP contribution in [0.15, 0.2) is 12.3 Å². The predicted molar refractivity (Wildman–Crippen MR) is 76.9 cm³/mol. The molecule has 1 fully saturated rings. The van der Waals surface area contributed by atoms with Crippen molar-refractivity contribution < 1.29 is 0 Å². The molecule has 0 saturated carbocycles. The van der Waals surface area contributed by atoms with Crippen molar-refractivity contribution >= 4 is 11.5 Å². The highest BCUT2D eigenvalue weighted by Gasteiger charge is 2.22. The molecule has 5 nitrogen and oxygen atoms in total. The molecule has 1 aliphatic rings. The predicted octanol–water partition coefficient (Wildman–Crippen LogP) is 1.31. The molecule has 0 radical (unpaired) electrons. The van der Waals surface area contributed by atoms with Crippen LogP contribution in [0.1, 0.15) is 18.4 Å². The van der Waals surface area contributed by atoms with Gasteiger partial charge in [-0.3, -0.25) is 0 Å². The molecule has 1 saturated heterocycles. The largest absolute Gasteiger partial charge is 0.397 e. The van der Waals surface area contributed by atoms with Crippen molar-refractivity contribution in [2.24, 2.45) is 5.92 Å². The molecule has 0 aliphatic carbocycles. The summed E-state index contributed by atoms with van der Waals surface area (Å²) in [4.78, 5) is 8.76. The summed E-state index contributed by atoms with van der Waals surface area (Å²) in [7, 11) is 4.23. The Morgan fingerprint density at radius 3 is 2.74 bits per heavy atom. The third-order valence-corrected chi connectivity index (χ3v) is 3.55. The fourth-order valence-corrected chi connectivity index (χ4v) is 2.65. The van der Waals surface area contributed by atoms with Crippen LogP contribution in [0.2, 0.25) is 0 Å². The van der Waals surface area contributed by atoms with Gasteiger partial charge in [-0.1, -0.05) is 0 Å². The summed E-state index contributed by atoms with van der Waals surface area (Å²) in [6.07, 6.45) is 3.92. The second-order valence-electron chi connectivity index (χ2n) is 5.44. The average Bonchev–Trinajstić information content (AvgIpc) is 2.39. The van der Waals surface area contributed by atoms with E-state index < -0.39 is 0 Å². The maximum atomic E-state index is 9.17. The fraction of sp³-hybridized carbons (Fsp3) is 0.571. The summed E-state index contributed by atoms with van der Waals surface area (Å²) >= 11 is 0. The minimum absolute atomic E-state index is 0.544. The van der Waals surface area contributed by atoms with Crippen LogP contribution in [-0.4, -0.2) is 43.6 Å². The van der Waals surface area contributed by atoms with Gasteiger partial charge < -0.3 is 15.5 Å². The van der Waals surface area contributed by atoms with Gasteiger partial charge >= 0.3 is 0 Å². The Balaban J connectivity index is 2.04. The van der Waals surface area contributed by atoms with E-state index in [0.29, 0.717) is 11.3 Å². The van der Waals surface area contributed by atoms with Gasteiger partial charge in [-0.15, -0.1) is 0 Å². The van der Waals surface area contributed by atoms with Gasteiger partial charge in [0, 0.05) is 19.6 Å². The van der Waals surface area contributed by atoms with Crippen molar-refractivity contribution in [3.05, 3.63) is 17.8 Å². The number of nitrogens with zero attached hydrogens (tertiary/aromatic N) is 4. The minimum atomic E-state index is 0.544. The van der Waals surface area contributed by atoms with Crippen LogP contribution in [0.3, 0.4) is 0 Å². The maximum Gasteiger partial charge on any atom is 0.146 e. The van der Waals surface area contributed by atoms with E-state index >= 15 is 0 Å². The first kappa shape index (κ1) is 13.6. The van der Waals surface area contributed by atoms with Crippen molar-refractivity contribution in [3.63, 3.8) is 0 Å². The van der Waals surface area contributed by atoms with E-state index in [1.165, 1.54) is 0 Å². The van der Waals surface area contributed by atoms with Crippen LogP contribution in [0.5, 0.6) is 0 Å². The van der Waals surface area contributed by atoms with Gasteiger partial charge in [0.05, 0.1) is 17.4 Å². The molecule has 19 heavy (non-hydrogen) atoms. The number of nitriles is 1. The molecular weight excluding hydrogens is 238 g/mol. The molecule has 0 atom stereocenters. The van der Waals surface area contributed by atoms with Crippen molar-refractivity contribution in [1.29, 1.82) is 5.26 Å². The number of pyridine rings is 1. The first-order chi connectivity index (χ1) is 9.10. The Bertz CT molecular complexity index is 469. The third kappa shape index (κ3) is 3.36. The normalized spacial score (nSPS) is 16.6. The van der Waals surface area contributed by atoms with Crippen LogP contribution < -0.4 is 10.6 Å². The second-order valence-corrected chi connectivity index (χ2v) is 5.44. The van der Waals surface area contributed by atoms with Crippen molar-refractivity contribution in [2.45, 2.75) is 12.8 Å². The molecule has 0 spiro atoms. The average molecular weight is 259 g/mol. The lowest BCUT2D eigenvalue weighted by Crippen LogP contribution is -2.37. The van der Waals surface area contributed by atoms with Crippen LogP contribution >= 0.6 is 0 Å². The Morgan fingerprint density at radius 2 is 2.16 bits per heavy atom. The third-order valence-electron chi connectivity index (χ3n) is 3.55. The smallest absolute Gasteiger partial charge is 0.146 e. The number of anilines is 2. The van der Waals surface area contributed by atoms with Crippen molar-refractivity contribution in [3.8, 4) is 6.07 Å². The number of rotatable bonds is 3. The fourth-order valence-electron chi connectivity index (χ4n) is 2.65. The maximum absolute atomic E-state index is 9.17. The highest BCUT2D eigenvalue weighted by atomic mass is 15.2. The zero-order valence-corrected chi connectivity index (χ0v) is 11.6. The molecule has 1 aromatic heterocycles. The van der Waals surface area contributed by atoms with Crippen LogP contribution in [-0.2, 0) is 0 Å². The Labute approximate surface area is 114 Å². The van der Waals surface area contributed by atoms with Crippen LogP contribution in [0.4, 0.5) is 11.5 Å². The molecule has 2 rings (SSSR count). The lowest BCUT2D eigenvalue weighted by atomic mass is 9.96. The summed E-state index contributed by atoms with van der Waals surface area (Å²) in [5, 5.41) is 9.17. The molecule has 0 bridgehead atoms. The van der Waals surface area contributed by atoms with Gasteiger partial charge in [0.1, 0.15) is 11.9 Å². The van der Waals surface area contributed by atoms with E-state index in [2.05, 4.69) is 34.9 Å². The number of hydrogen-bond acceptors (Lipinski definition) is 5. The van der Waals surface area contributed by atoms with E-state index in [0.717, 1.165) is 44.2 Å². The molecule has 0 aromatic carbocycles. The number of nitrogens with two attached hydrogens (primary N) is 1. The number of nitrogen functional groups attached to an aromatic ring is 1. The molecule has 5 heteroatoms. The quantitative estimate of drug-likeness (QED) is 0.886. The Morgan fingerprint density at radius 1 is 1.47 bits per heavy atom. The SMILES string of the molecule is CN(C)CC1CCN(c2ncc(N)cc2C#N)CC1. The Kier molecular flexibility index (Phi) is 4.23. The highest BCUT2D eigenvalue weighted by molar-refractivity contribution is 5.58.